The predicted octanol–water partition coefficient (Wildman–Crippen LogP) is 5.23. The van der Waals surface area contributed by atoms with Crippen LogP contribution in [-0.4, -0.2) is 23.4 Å². The number of carbonyl (C=O) groups excluding carboxylic acids is 2. The topological polar surface area (TPSA) is 55.4 Å². The Labute approximate surface area is 180 Å². The number of ether oxygens (including phenoxy) is 1. The molecule has 0 bridgehead atoms. The summed E-state index contributed by atoms with van der Waals surface area (Å²) in [5.74, 6) is -0.104. The molecule has 1 aliphatic rings. The maximum absolute atomic E-state index is 13.3. The molecule has 0 aromatic heterocycles. The Morgan fingerprint density at radius 1 is 0.967 bits per heavy atom. The van der Waals surface area contributed by atoms with Crippen molar-refractivity contribution in [3.63, 3.8) is 0 Å². The van der Waals surface area contributed by atoms with E-state index in [1.54, 1.807) is 0 Å². The summed E-state index contributed by atoms with van der Waals surface area (Å²) in [5, 5.41) is 3.60. The number of nitrogens with one attached hydrogen (secondary N) is 1. The van der Waals surface area contributed by atoms with Crippen molar-refractivity contribution in [2.75, 3.05) is 0 Å². The molecule has 0 spiro atoms. The van der Waals surface area contributed by atoms with Crippen molar-refractivity contribution in [3.05, 3.63) is 71.8 Å². The molecule has 4 heteroatoms. The fraction of sp³-hybridized carbons (Fsp3) is 0.462. The van der Waals surface area contributed by atoms with Crippen LogP contribution in [0.5, 0.6) is 0 Å². The predicted molar refractivity (Wildman–Crippen MR) is 119 cm³/mol. The molecule has 4 nitrogen and oxygen atoms in total. The average molecular weight is 408 g/mol. The molecule has 2 aromatic rings. The van der Waals surface area contributed by atoms with Crippen LogP contribution in [0.2, 0.25) is 0 Å². The smallest absolute Gasteiger partial charge is 0.323 e. The second-order valence-corrected chi connectivity index (χ2v) is 9.18. The largest absolute Gasteiger partial charge is 0.459 e. The molecule has 30 heavy (non-hydrogen) atoms. The molecule has 0 aliphatic heterocycles. The van der Waals surface area contributed by atoms with Crippen molar-refractivity contribution in [2.45, 2.75) is 70.6 Å². The van der Waals surface area contributed by atoms with Crippen molar-refractivity contribution >= 4 is 11.8 Å². The van der Waals surface area contributed by atoms with Crippen molar-refractivity contribution in [1.29, 1.82) is 0 Å². The highest BCUT2D eigenvalue weighted by molar-refractivity contribution is 5.82. The van der Waals surface area contributed by atoms with Gasteiger partial charge in [0.05, 0.1) is 6.04 Å². The fourth-order valence-corrected chi connectivity index (χ4v) is 4.13. The van der Waals surface area contributed by atoms with Gasteiger partial charge in [-0.05, 0) is 50.7 Å². The zero-order valence-corrected chi connectivity index (χ0v) is 18.3. The average Bonchev–Trinajstić information content (AvgIpc) is 2.93. The van der Waals surface area contributed by atoms with Gasteiger partial charge in [-0.1, -0.05) is 67.1 Å². The number of rotatable bonds is 6. The van der Waals surface area contributed by atoms with Crippen LogP contribution in [0.1, 0.15) is 70.0 Å². The molecule has 160 valence electrons. The van der Waals surface area contributed by atoms with Crippen LogP contribution in [0.3, 0.4) is 0 Å². The zero-order valence-electron chi connectivity index (χ0n) is 18.3. The molecule has 2 aromatic carbocycles. The number of carbonyl (C=O) groups is 2. The number of esters is 1. The van der Waals surface area contributed by atoms with Crippen LogP contribution in [0.15, 0.2) is 60.7 Å². The standard InChI is InChI=1S/C26H33NO3/c1-26(2,3)30-25(29)24(21-16-10-11-17-22(28)18-21)27-23(19-12-6-4-7-13-19)20-14-8-5-9-15-20/h4-9,12-15,21,23-24,27H,10-11,16-18H2,1-3H3. The summed E-state index contributed by atoms with van der Waals surface area (Å²) in [7, 11) is 0. The first kappa shape index (κ1) is 22.2. The maximum Gasteiger partial charge on any atom is 0.323 e. The summed E-state index contributed by atoms with van der Waals surface area (Å²) in [6.07, 6.45) is 3.74. The van der Waals surface area contributed by atoms with Gasteiger partial charge in [0.15, 0.2) is 0 Å². The third kappa shape index (κ3) is 6.27. The molecule has 1 saturated carbocycles. The van der Waals surface area contributed by atoms with E-state index in [1.807, 2.05) is 57.2 Å². The van der Waals surface area contributed by atoms with Crippen LogP contribution in [0, 0.1) is 5.92 Å². The molecule has 1 aliphatic carbocycles. The van der Waals surface area contributed by atoms with E-state index < -0.39 is 11.6 Å². The van der Waals surface area contributed by atoms with Gasteiger partial charge >= 0.3 is 5.97 Å². The minimum Gasteiger partial charge on any atom is -0.459 e. The molecule has 2 unspecified atom stereocenters. The molecule has 3 rings (SSSR count). The minimum absolute atomic E-state index is 0.0650. The van der Waals surface area contributed by atoms with Crippen molar-refractivity contribution < 1.29 is 14.3 Å². The normalized spacial score (nSPS) is 18.7. The van der Waals surface area contributed by atoms with E-state index in [1.165, 1.54) is 0 Å². The van der Waals surface area contributed by atoms with Crippen molar-refractivity contribution in [3.8, 4) is 0 Å². The van der Waals surface area contributed by atoms with Gasteiger partial charge in [0.25, 0.3) is 0 Å². The highest BCUT2D eigenvalue weighted by Crippen LogP contribution is 2.29. The van der Waals surface area contributed by atoms with Crippen molar-refractivity contribution in [1.82, 2.24) is 5.32 Å². The van der Waals surface area contributed by atoms with Gasteiger partial charge in [-0.2, -0.15) is 0 Å². The van der Waals surface area contributed by atoms with Crippen LogP contribution < -0.4 is 5.32 Å². The molecule has 1 fully saturated rings. The molecule has 1 N–H and O–H groups in total. The second kappa shape index (κ2) is 10.0. The monoisotopic (exact) mass is 407 g/mol. The van der Waals surface area contributed by atoms with Crippen LogP contribution in [0.4, 0.5) is 0 Å². The summed E-state index contributed by atoms with van der Waals surface area (Å²) in [5.41, 5.74) is 1.58. The SMILES string of the molecule is CC(C)(C)OC(=O)C(NC(c1ccccc1)c1ccccc1)C1CCCCC(=O)C1. The number of hydrogen-bond acceptors (Lipinski definition) is 4. The van der Waals surface area contributed by atoms with Crippen molar-refractivity contribution in [2.24, 2.45) is 5.92 Å². The van der Waals surface area contributed by atoms with Gasteiger partial charge in [0.1, 0.15) is 17.4 Å². The summed E-state index contributed by atoms with van der Waals surface area (Å²) in [4.78, 5) is 25.6. The van der Waals surface area contributed by atoms with E-state index in [-0.39, 0.29) is 23.7 Å². The second-order valence-electron chi connectivity index (χ2n) is 9.18. The van der Waals surface area contributed by atoms with E-state index >= 15 is 0 Å². The maximum atomic E-state index is 13.3. The Morgan fingerprint density at radius 2 is 1.53 bits per heavy atom. The number of ketones is 1. The highest BCUT2D eigenvalue weighted by Gasteiger charge is 2.36. The molecule has 0 saturated heterocycles. The lowest BCUT2D eigenvalue weighted by Gasteiger charge is -2.32. The van der Waals surface area contributed by atoms with E-state index in [9.17, 15) is 9.59 Å². The first-order valence-electron chi connectivity index (χ1n) is 10.9. The molecular formula is C26H33NO3. The molecular weight excluding hydrogens is 374 g/mol. The summed E-state index contributed by atoms with van der Waals surface area (Å²) < 4.78 is 5.79. The first-order valence-corrected chi connectivity index (χ1v) is 10.9. The summed E-state index contributed by atoms with van der Waals surface area (Å²) in [6, 6.07) is 19.5. The van der Waals surface area contributed by atoms with Gasteiger partial charge in [0, 0.05) is 12.8 Å². The van der Waals surface area contributed by atoms with Gasteiger partial charge < -0.3 is 4.74 Å². The molecule has 0 radical (unpaired) electrons. The van der Waals surface area contributed by atoms with Gasteiger partial charge in [-0.15, -0.1) is 0 Å². The Hall–Kier alpha value is -2.46. The quantitative estimate of drug-likeness (QED) is 0.526. The van der Waals surface area contributed by atoms with E-state index in [2.05, 4.69) is 29.6 Å². The van der Waals surface area contributed by atoms with E-state index in [4.69, 9.17) is 4.74 Å². The lowest BCUT2D eigenvalue weighted by molar-refractivity contribution is -0.159. The summed E-state index contributed by atoms with van der Waals surface area (Å²) >= 11 is 0. The third-order valence-corrected chi connectivity index (χ3v) is 5.51. The molecule has 2 atom stereocenters. The lowest BCUT2D eigenvalue weighted by Crippen LogP contribution is -2.48. The van der Waals surface area contributed by atoms with Gasteiger partial charge in [0.2, 0.25) is 0 Å². The minimum atomic E-state index is -0.583. The number of hydrogen-bond donors (Lipinski definition) is 1. The van der Waals surface area contributed by atoms with Crippen LogP contribution in [-0.2, 0) is 14.3 Å². The summed E-state index contributed by atoms with van der Waals surface area (Å²) in [6.45, 7) is 5.64. The number of Topliss-reactive ketones (excluding diaryl/α,β-unsaturated/α-hetero) is 1. The Kier molecular flexibility index (Phi) is 7.43. The van der Waals surface area contributed by atoms with Gasteiger partial charge in [-0.3, -0.25) is 14.9 Å². The molecule has 0 amide bonds. The third-order valence-electron chi connectivity index (χ3n) is 5.51. The molecule has 0 heterocycles. The van der Waals surface area contributed by atoms with Gasteiger partial charge in [-0.25, -0.2) is 0 Å². The van der Waals surface area contributed by atoms with E-state index in [0.29, 0.717) is 12.8 Å². The highest BCUT2D eigenvalue weighted by atomic mass is 16.6. The van der Waals surface area contributed by atoms with Crippen LogP contribution in [0.25, 0.3) is 0 Å². The first-order chi connectivity index (χ1) is 14.3. The Balaban J connectivity index is 1.95. The Bertz CT molecular complexity index is 787. The number of benzene rings is 2. The van der Waals surface area contributed by atoms with E-state index in [0.717, 1.165) is 30.4 Å². The Morgan fingerprint density at radius 3 is 2.07 bits per heavy atom. The zero-order chi connectivity index (χ0) is 21.6. The fourth-order valence-electron chi connectivity index (χ4n) is 4.13. The van der Waals surface area contributed by atoms with Crippen LogP contribution >= 0.6 is 0 Å². The lowest BCUT2D eigenvalue weighted by atomic mass is 9.89.